The van der Waals surface area contributed by atoms with Gasteiger partial charge in [-0.05, 0) is 33.1 Å². The lowest BCUT2D eigenvalue weighted by molar-refractivity contribution is -0.158. The Hall–Kier alpha value is -1.13. The number of esters is 1. The van der Waals surface area contributed by atoms with E-state index in [0.717, 1.165) is 0 Å². The van der Waals surface area contributed by atoms with Crippen molar-refractivity contribution in [3.8, 4) is 6.07 Å². The number of ether oxygens (including phenoxy) is 1. The summed E-state index contributed by atoms with van der Waals surface area (Å²) < 4.78 is 31.6. The summed E-state index contributed by atoms with van der Waals surface area (Å²) in [6.07, 6.45) is 0.158. The Bertz CT molecular complexity index is 472. The van der Waals surface area contributed by atoms with Crippen LogP contribution in [0.3, 0.4) is 0 Å². The number of hydrogen-bond donors (Lipinski definition) is 1. The number of carbonyl (C=O) groups is 1. The first-order valence-electron chi connectivity index (χ1n) is 6.58. The molecule has 0 saturated carbocycles. The van der Waals surface area contributed by atoms with Gasteiger partial charge in [-0.2, -0.15) is 9.98 Å². The van der Waals surface area contributed by atoms with E-state index in [1.165, 1.54) is 0 Å². The Morgan fingerprint density at radius 3 is 2.15 bits per heavy atom. The predicted octanol–water partition coefficient (Wildman–Crippen LogP) is 1.57. The van der Waals surface area contributed by atoms with Crippen molar-refractivity contribution in [2.24, 2.45) is 5.92 Å². The van der Waals surface area contributed by atoms with Crippen LogP contribution in [0.25, 0.3) is 0 Å². The summed E-state index contributed by atoms with van der Waals surface area (Å²) in [7, 11) is -3.88. The fourth-order valence-electron chi connectivity index (χ4n) is 1.46. The number of nitrogens with one attached hydrogen (secondary N) is 1. The largest absolute Gasteiger partial charge is 0.459 e. The number of hydrogen-bond acceptors (Lipinski definition) is 5. The van der Waals surface area contributed by atoms with Crippen LogP contribution in [0.4, 0.5) is 0 Å². The highest BCUT2D eigenvalue weighted by molar-refractivity contribution is 7.90. The molecule has 0 aromatic rings. The topological polar surface area (TPSA) is 96.3 Å². The highest BCUT2D eigenvalue weighted by Gasteiger charge is 2.34. The number of sulfonamides is 1. The molecule has 0 fully saturated rings. The van der Waals surface area contributed by atoms with E-state index >= 15 is 0 Å². The molecule has 0 amide bonds. The number of nitriles is 1. The summed E-state index contributed by atoms with van der Waals surface area (Å²) in [5.74, 6) is -0.917. The molecule has 0 aromatic heterocycles. The summed E-state index contributed by atoms with van der Waals surface area (Å²) in [6.45, 7) is 10.2. The van der Waals surface area contributed by atoms with Gasteiger partial charge >= 0.3 is 5.97 Å². The smallest absolute Gasteiger partial charge is 0.324 e. The zero-order chi connectivity index (χ0) is 16.1. The molecule has 0 rings (SSSR count). The van der Waals surface area contributed by atoms with Gasteiger partial charge < -0.3 is 4.74 Å². The van der Waals surface area contributed by atoms with Gasteiger partial charge in [-0.15, -0.1) is 0 Å². The molecule has 0 bridgehead atoms. The van der Waals surface area contributed by atoms with E-state index in [2.05, 4.69) is 4.72 Å². The first kappa shape index (κ1) is 18.9. The van der Waals surface area contributed by atoms with E-state index in [-0.39, 0.29) is 12.3 Å². The van der Waals surface area contributed by atoms with E-state index in [4.69, 9.17) is 10.00 Å². The lowest BCUT2D eigenvalue weighted by Crippen LogP contribution is -2.49. The SMILES string of the molecule is CCC(C#N)S(=O)(=O)N[C@H](C(=O)OC(C)(C)C)C(C)C. The van der Waals surface area contributed by atoms with E-state index in [9.17, 15) is 13.2 Å². The van der Waals surface area contributed by atoms with Crippen molar-refractivity contribution in [3.63, 3.8) is 0 Å². The summed E-state index contributed by atoms with van der Waals surface area (Å²) in [4.78, 5) is 12.0. The predicted molar refractivity (Wildman–Crippen MR) is 76.2 cm³/mol. The van der Waals surface area contributed by atoms with Crippen LogP contribution in [-0.2, 0) is 19.6 Å². The second kappa shape index (κ2) is 7.04. The monoisotopic (exact) mass is 304 g/mol. The molecular formula is C13H24N2O4S. The fourth-order valence-corrected chi connectivity index (χ4v) is 2.93. The van der Waals surface area contributed by atoms with Gasteiger partial charge in [0.05, 0.1) is 6.07 Å². The van der Waals surface area contributed by atoms with Crippen molar-refractivity contribution in [1.29, 1.82) is 5.26 Å². The van der Waals surface area contributed by atoms with Crippen LogP contribution in [0.5, 0.6) is 0 Å². The zero-order valence-corrected chi connectivity index (χ0v) is 13.7. The van der Waals surface area contributed by atoms with Crippen LogP contribution in [0.15, 0.2) is 0 Å². The second-order valence-electron chi connectivity index (χ2n) is 5.94. The molecule has 1 unspecified atom stereocenters. The molecule has 116 valence electrons. The fraction of sp³-hybridized carbons (Fsp3) is 0.846. The molecule has 0 aliphatic heterocycles. The molecule has 7 heteroatoms. The van der Waals surface area contributed by atoms with Gasteiger partial charge in [0.25, 0.3) is 0 Å². The van der Waals surface area contributed by atoms with Crippen molar-refractivity contribution in [1.82, 2.24) is 4.72 Å². The van der Waals surface area contributed by atoms with Crippen LogP contribution in [-0.4, -0.2) is 31.3 Å². The molecule has 0 aromatic carbocycles. The lowest BCUT2D eigenvalue weighted by Gasteiger charge is -2.26. The average Bonchev–Trinajstić information content (AvgIpc) is 2.24. The normalized spacial score (nSPS) is 15.5. The van der Waals surface area contributed by atoms with Crippen LogP contribution >= 0.6 is 0 Å². The standard InChI is InChI=1S/C13H24N2O4S/c1-7-10(8-14)20(17,18)15-11(9(2)3)12(16)19-13(4,5)6/h9-11,15H,7H2,1-6H3/t10?,11-/m0/s1. The van der Waals surface area contributed by atoms with Crippen LogP contribution in [0.1, 0.15) is 48.0 Å². The molecule has 0 heterocycles. The molecule has 1 N–H and O–H groups in total. The van der Waals surface area contributed by atoms with Crippen molar-refractivity contribution >= 4 is 16.0 Å². The third-order valence-corrected chi connectivity index (χ3v) is 4.28. The van der Waals surface area contributed by atoms with Gasteiger partial charge in [-0.1, -0.05) is 20.8 Å². The average molecular weight is 304 g/mol. The molecule has 20 heavy (non-hydrogen) atoms. The molecule has 0 saturated heterocycles. The van der Waals surface area contributed by atoms with E-state index in [1.54, 1.807) is 47.6 Å². The van der Waals surface area contributed by atoms with Gasteiger partial charge in [0.15, 0.2) is 5.25 Å². The Morgan fingerprint density at radius 1 is 1.35 bits per heavy atom. The third kappa shape index (κ3) is 5.88. The zero-order valence-electron chi connectivity index (χ0n) is 12.9. The molecule has 2 atom stereocenters. The maximum absolute atomic E-state index is 12.0. The minimum Gasteiger partial charge on any atom is -0.459 e. The van der Waals surface area contributed by atoms with Crippen molar-refractivity contribution < 1.29 is 17.9 Å². The number of carbonyl (C=O) groups excluding carboxylic acids is 1. The molecule has 0 aliphatic rings. The molecule has 6 nitrogen and oxygen atoms in total. The summed E-state index contributed by atoms with van der Waals surface area (Å²) in [5.41, 5.74) is -0.699. The van der Waals surface area contributed by atoms with Gasteiger partial charge in [-0.25, -0.2) is 8.42 Å². The molecule has 0 aliphatic carbocycles. The van der Waals surface area contributed by atoms with Crippen LogP contribution in [0, 0.1) is 17.2 Å². The highest BCUT2D eigenvalue weighted by Crippen LogP contribution is 2.14. The molecular weight excluding hydrogens is 280 g/mol. The highest BCUT2D eigenvalue weighted by atomic mass is 32.2. The molecule has 0 spiro atoms. The van der Waals surface area contributed by atoms with E-state index < -0.39 is 32.9 Å². The van der Waals surface area contributed by atoms with Gasteiger partial charge in [0.2, 0.25) is 10.0 Å². The maximum atomic E-state index is 12.0. The maximum Gasteiger partial charge on any atom is 0.324 e. The van der Waals surface area contributed by atoms with E-state index in [1.807, 2.05) is 0 Å². The quantitative estimate of drug-likeness (QED) is 0.751. The minimum absolute atomic E-state index is 0.158. The van der Waals surface area contributed by atoms with E-state index in [0.29, 0.717) is 0 Å². The summed E-state index contributed by atoms with van der Waals surface area (Å²) in [5, 5.41) is 7.68. The van der Waals surface area contributed by atoms with Crippen molar-refractivity contribution in [3.05, 3.63) is 0 Å². The van der Waals surface area contributed by atoms with Gasteiger partial charge in [0, 0.05) is 0 Å². The van der Waals surface area contributed by atoms with Crippen LogP contribution in [0.2, 0.25) is 0 Å². The van der Waals surface area contributed by atoms with Crippen LogP contribution < -0.4 is 4.72 Å². The first-order chi connectivity index (χ1) is 8.94. The Kier molecular flexibility index (Phi) is 6.65. The second-order valence-corrected chi connectivity index (χ2v) is 7.84. The summed E-state index contributed by atoms with van der Waals surface area (Å²) >= 11 is 0. The Balaban J connectivity index is 5.16. The third-order valence-electron chi connectivity index (χ3n) is 2.51. The Labute approximate surface area is 121 Å². The van der Waals surface area contributed by atoms with Gasteiger partial charge in [-0.3, -0.25) is 4.79 Å². The van der Waals surface area contributed by atoms with Crippen molar-refractivity contribution in [2.75, 3.05) is 0 Å². The van der Waals surface area contributed by atoms with Gasteiger partial charge in [0.1, 0.15) is 11.6 Å². The number of nitrogens with zero attached hydrogens (tertiary/aromatic N) is 1. The first-order valence-corrected chi connectivity index (χ1v) is 8.12. The summed E-state index contributed by atoms with van der Waals surface area (Å²) in [6, 6.07) is 0.722. The Morgan fingerprint density at radius 2 is 1.85 bits per heavy atom. The molecule has 0 radical (unpaired) electrons. The minimum atomic E-state index is -3.88. The van der Waals surface area contributed by atoms with Crippen molar-refractivity contribution in [2.45, 2.75) is 64.9 Å². The number of rotatable bonds is 6. The lowest BCUT2D eigenvalue weighted by atomic mass is 10.1.